The summed E-state index contributed by atoms with van der Waals surface area (Å²) in [6.45, 7) is 1.89. The van der Waals surface area contributed by atoms with Gasteiger partial charge in [0.1, 0.15) is 0 Å². The minimum atomic E-state index is -0.483. The number of pyridine rings is 1. The molecule has 1 amide bonds. The SMILES string of the molecule is Cc1cc(SCc2c(Cl)cccc2Cl)c2cccc(C(N)=O)c2n1. The first-order valence-corrected chi connectivity index (χ1v) is 8.97. The number of aromatic nitrogens is 1. The van der Waals surface area contributed by atoms with Gasteiger partial charge in [-0.3, -0.25) is 9.78 Å². The summed E-state index contributed by atoms with van der Waals surface area (Å²) in [5, 5.41) is 2.18. The van der Waals surface area contributed by atoms with Crippen LogP contribution in [0.1, 0.15) is 21.6 Å². The van der Waals surface area contributed by atoms with Crippen LogP contribution in [0.3, 0.4) is 0 Å². The van der Waals surface area contributed by atoms with Gasteiger partial charge in [0, 0.05) is 31.8 Å². The number of nitrogens with two attached hydrogens (primary N) is 1. The van der Waals surface area contributed by atoms with Gasteiger partial charge in [0.25, 0.3) is 5.91 Å². The summed E-state index contributed by atoms with van der Waals surface area (Å²) in [5.41, 5.74) is 8.22. The van der Waals surface area contributed by atoms with Gasteiger partial charge in [-0.2, -0.15) is 0 Å². The van der Waals surface area contributed by atoms with Crippen LogP contribution in [0.5, 0.6) is 0 Å². The van der Waals surface area contributed by atoms with E-state index >= 15 is 0 Å². The van der Waals surface area contributed by atoms with Crippen molar-refractivity contribution in [2.45, 2.75) is 17.6 Å². The summed E-state index contributed by atoms with van der Waals surface area (Å²) in [7, 11) is 0. The number of carbonyl (C=O) groups is 1. The molecule has 3 aromatic rings. The molecule has 3 nitrogen and oxygen atoms in total. The van der Waals surface area contributed by atoms with Crippen molar-refractivity contribution >= 4 is 51.8 Å². The molecule has 0 radical (unpaired) electrons. The Morgan fingerprint density at radius 2 is 1.83 bits per heavy atom. The van der Waals surface area contributed by atoms with Gasteiger partial charge >= 0.3 is 0 Å². The predicted molar refractivity (Wildman–Crippen MR) is 101 cm³/mol. The molecular formula is C18H14Cl2N2OS. The van der Waals surface area contributed by atoms with Gasteiger partial charge in [-0.25, -0.2) is 0 Å². The molecular weight excluding hydrogens is 363 g/mol. The number of aryl methyl sites for hydroxylation is 1. The molecule has 0 saturated carbocycles. The zero-order valence-electron chi connectivity index (χ0n) is 12.8. The first-order chi connectivity index (χ1) is 11.5. The molecule has 0 unspecified atom stereocenters. The molecule has 2 N–H and O–H groups in total. The minimum Gasteiger partial charge on any atom is -0.366 e. The molecule has 0 aliphatic rings. The number of para-hydroxylation sites is 1. The summed E-state index contributed by atoms with van der Waals surface area (Å²) in [5.74, 6) is 0.140. The van der Waals surface area contributed by atoms with Crippen LogP contribution in [0, 0.1) is 6.92 Å². The van der Waals surface area contributed by atoms with Crippen LogP contribution in [0.2, 0.25) is 10.0 Å². The zero-order chi connectivity index (χ0) is 17.3. The Morgan fingerprint density at radius 1 is 1.17 bits per heavy atom. The fourth-order valence-electron chi connectivity index (χ4n) is 2.48. The monoisotopic (exact) mass is 376 g/mol. The summed E-state index contributed by atoms with van der Waals surface area (Å²) < 4.78 is 0. The number of hydrogen-bond acceptors (Lipinski definition) is 3. The topological polar surface area (TPSA) is 56.0 Å². The Kier molecular flexibility index (Phi) is 4.99. The lowest BCUT2D eigenvalue weighted by Crippen LogP contribution is -2.12. The minimum absolute atomic E-state index is 0.425. The Labute approximate surface area is 154 Å². The first-order valence-electron chi connectivity index (χ1n) is 7.23. The van der Waals surface area contributed by atoms with Crippen LogP contribution in [0.4, 0.5) is 0 Å². The van der Waals surface area contributed by atoms with Crippen molar-refractivity contribution in [3.63, 3.8) is 0 Å². The maximum atomic E-state index is 11.6. The molecule has 1 heterocycles. The van der Waals surface area contributed by atoms with Crippen molar-refractivity contribution < 1.29 is 4.79 Å². The van der Waals surface area contributed by atoms with E-state index < -0.39 is 5.91 Å². The molecule has 0 saturated heterocycles. The third kappa shape index (κ3) is 3.36. The van der Waals surface area contributed by atoms with Gasteiger partial charge in [-0.1, -0.05) is 41.4 Å². The molecule has 2 aromatic carbocycles. The number of carbonyl (C=O) groups excluding carboxylic acids is 1. The summed E-state index contributed by atoms with van der Waals surface area (Å²) in [6.07, 6.45) is 0. The van der Waals surface area contributed by atoms with E-state index in [1.54, 1.807) is 17.8 Å². The number of amides is 1. The summed E-state index contributed by atoms with van der Waals surface area (Å²) in [4.78, 5) is 17.1. The second-order valence-electron chi connectivity index (χ2n) is 5.32. The Bertz CT molecular complexity index is 923. The van der Waals surface area contributed by atoms with E-state index in [4.69, 9.17) is 28.9 Å². The average Bonchev–Trinajstić information content (AvgIpc) is 2.53. The van der Waals surface area contributed by atoms with E-state index in [-0.39, 0.29) is 0 Å². The van der Waals surface area contributed by atoms with Crippen LogP contribution >= 0.6 is 35.0 Å². The number of hydrogen-bond donors (Lipinski definition) is 1. The Morgan fingerprint density at radius 3 is 2.50 bits per heavy atom. The lowest BCUT2D eigenvalue weighted by molar-refractivity contribution is 0.100. The van der Waals surface area contributed by atoms with E-state index in [0.717, 1.165) is 21.5 Å². The van der Waals surface area contributed by atoms with Crippen LogP contribution < -0.4 is 5.73 Å². The number of halogens is 2. The largest absolute Gasteiger partial charge is 0.366 e. The van der Waals surface area contributed by atoms with Crippen LogP contribution in [0.25, 0.3) is 10.9 Å². The highest BCUT2D eigenvalue weighted by Gasteiger charge is 2.13. The van der Waals surface area contributed by atoms with Crippen molar-refractivity contribution in [1.29, 1.82) is 0 Å². The summed E-state index contributed by atoms with van der Waals surface area (Å²) in [6, 6.07) is 12.9. The van der Waals surface area contributed by atoms with Gasteiger partial charge in [0.05, 0.1) is 11.1 Å². The lowest BCUT2D eigenvalue weighted by atomic mass is 10.1. The van der Waals surface area contributed by atoms with E-state index in [1.165, 1.54) is 0 Å². The molecule has 0 atom stereocenters. The second-order valence-corrected chi connectivity index (χ2v) is 7.15. The maximum absolute atomic E-state index is 11.6. The fourth-order valence-corrected chi connectivity index (χ4v) is 4.35. The highest BCUT2D eigenvalue weighted by Crippen LogP contribution is 2.35. The number of primary amides is 1. The Balaban J connectivity index is 2.04. The first kappa shape index (κ1) is 17.1. The van der Waals surface area contributed by atoms with Crippen LogP contribution in [-0.2, 0) is 5.75 Å². The standard InChI is InChI=1S/C18H14Cl2N2OS/c1-10-8-16(24-9-13-14(19)6-3-7-15(13)20)11-4-2-5-12(18(21)23)17(11)22-10/h2-8H,9H2,1H3,(H2,21,23). The molecule has 24 heavy (non-hydrogen) atoms. The Hall–Kier alpha value is -1.75. The number of rotatable bonds is 4. The van der Waals surface area contributed by atoms with Crippen molar-refractivity contribution in [1.82, 2.24) is 4.98 Å². The molecule has 3 rings (SSSR count). The molecule has 0 aliphatic heterocycles. The van der Waals surface area contributed by atoms with Crippen LogP contribution in [0.15, 0.2) is 47.4 Å². The molecule has 0 spiro atoms. The van der Waals surface area contributed by atoms with E-state index in [0.29, 0.717) is 26.9 Å². The molecule has 0 aliphatic carbocycles. The van der Waals surface area contributed by atoms with Crippen molar-refractivity contribution in [3.05, 3.63) is 69.3 Å². The maximum Gasteiger partial charge on any atom is 0.250 e. The zero-order valence-corrected chi connectivity index (χ0v) is 15.2. The molecule has 0 bridgehead atoms. The lowest BCUT2D eigenvalue weighted by Gasteiger charge is -2.11. The van der Waals surface area contributed by atoms with E-state index in [1.807, 2.05) is 43.3 Å². The van der Waals surface area contributed by atoms with Gasteiger partial charge in [0.2, 0.25) is 0 Å². The van der Waals surface area contributed by atoms with Crippen molar-refractivity contribution in [3.8, 4) is 0 Å². The highest BCUT2D eigenvalue weighted by atomic mass is 35.5. The third-order valence-corrected chi connectivity index (χ3v) is 5.42. The molecule has 6 heteroatoms. The quantitative estimate of drug-likeness (QED) is 0.633. The number of benzene rings is 2. The average molecular weight is 377 g/mol. The summed E-state index contributed by atoms with van der Waals surface area (Å²) >= 11 is 14.1. The van der Waals surface area contributed by atoms with Gasteiger partial charge < -0.3 is 5.73 Å². The predicted octanol–water partition coefficient (Wildman–Crippen LogP) is 5.24. The normalized spacial score (nSPS) is 11.0. The smallest absolute Gasteiger partial charge is 0.250 e. The number of thioether (sulfide) groups is 1. The van der Waals surface area contributed by atoms with Gasteiger partial charge in [0.15, 0.2) is 0 Å². The number of fused-ring (bicyclic) bond motifs is 1. The highest BCUT2D eigenvalue weighted by molar-refractivity contribution is 7.98. The molecule has 1 aromatic heterocycles. The van der Waals surface area contributed by atoms with E-state index in [9.17, 15) is 4.79 Å². The van der Waals surface area contributed by atoms with Crippen molar-refractivity contribution in [2.75, 3.05) is 0 Å². The van der Waals surface area contributed by atoms with Crippen LogP contribution in [-0.4, -0.2) is 10.9 Å². The molecule has 0 fully saturated rings. The molecule has 122 valence electrons. The number of nitrogens with zero attached hydrogens (tertiary/aromatic N) is 1. The van der Waals surface area contributed by atoms with E-state index in [2.05, 4.69) is 4.98 Å². The van der Waals surface area contributed by atoms with Gasteiger partial charge in [-0.15, -0.1) is 11.8 Å². The van der Waals surface area contributed by atoms with Gasteiger partial charge in [-0.05, 0) is 36.8 Å². The second kappa shape index (κ2) is 7.01. The van der Waals surface area contributed by atoms with Crippen molar-refractivity contribution in [2.24, 2.45) is 5.73 Å². The third-order valence-electron chi connectivity index (χ3n) is 3.63. The fraction of sp³-hybridized carbons (Fsp3) is 0.111.